The second kappa shape index (κ2) is 8.33. The minimum atomic E-state index is -0.904. The summed E-state index contributed by atoms with van der Waals surface area (Å²) in [5.74, 6) is -0.240. The molecule has 1 aromatic heterocycles. The Hall–Kier alpha value is -3.02. The second-order valence-corrected chi connectivity index (χ2v) is 7.06. The highest BCUT2D eigenvalue weighted by Crippen LogP contribution is 2.38. The summed E-state index contributed by atoms with van der Waals surface area (Å²) in [7, 11) is 1.58. The molecule has 0 saturated heterocycles. The van der Waals surface area contributed by atoms with E-state index in [1.165, 1.54) is 24.6 Å². The van der Waals surface area contributed by atoms with Gasteiger partial charge in [0.15, 0.2) is 6.10 Å². The van der Waals surface area contributed by atoms with Crippen LogP contribution in [0.15, 0.2) is 36.4 Å². The number of hydrogen-bond donors (Lipinski definition) is 1. The summed E-state index contributed by atoms with van der Waals surface area (Å²) in [6.45, 7) is 5.68. The van der Waals surface area contributed by atoms with Crippen LogP contribution in [0.5, 0.6) is 5.75 Å². The van der Waals surface area contributed by atoms with Gasteiger partial charge in [-0.3, -0.25) is 4.79 Å². The van der Waals surface area contributed by atoms with Gasteiger partial charge in [0.25, 0.3) is 5.91 Å². The Bertz CT molecular complexity index is 892. The fourth-order valence-electron chi connectivity index (χ4n) is 3.21. The molecular formula is C22H26N2O4. The fraction of sp³-hybridized carbons (Fsp3) is 0.364. The van der Waals surface area contributed by atoms with Crippen molar-refractivity contribution in [2.45, 2.75) is 45.8 Å². The van der Waals surface area contributed by atoms with Gasteiger partial charge >= 0.3 is 5.97 Å². The van der Waals surface area contributed by atoms with Crippen LogP contribution < -0.4 is 10.1 Å². The standard InChI is InChI=1S/C22H26N2O4/c1-14-13-17(15(2)24(14)19-8-9-19)5-12-21(25)28-16(3)22(26)23-18-6-10-20(27-4)11-7-18/h5-7,10-13,16,19H,8-9H2,1-4H3,(H,23,26)/b12-5+/t16-/m0/s1. The van der Waals surface area contributed by atoms with E-state index in [0.29, 0.717) is 17.5 Å². The zero-order valence-corrected chi connectivity index (χ0v) is 16.7. The Morgan fingerprint density at radius 2 is 1.89 bits per heavy atom. The molecular weight excluding hydrogens is 356 g/mol. The molecule has 148 valence electrons. The largest absolute Gasteiger partial charge is 0.497 e. The molecule has 1 atom stereocenters. The molecule has 6 heteroatoms. The number of aromatic nitrogens is 1. The average Bonchev–Trinajstić information content (AvgIpc) is 3.46. The highest BCUT2D eigenvalue weighted by atomic mass is 16.5. The van der Waals surface area contributed by atoms with Crippen molar-refractivity contribution in [2.75, 3.05) is 12.4 Å². The van der Waals surface area contributed by atoms with Crippen molar-refractivity contribution in [3.8, 4) is 5.75 Å². The quantitative estimate of drug-likeness (QED) is 0.580. The van der Waals surface area contributed by atoms with Gasteiger partial charge < -0.3 is 19.4 Å². The van der Waals surface area contributed by atoms with Crippen LogP contribution >= 0.6 is 0 Å². The molecule has 0 radical (unpaired) electrons. The number of amides is 1. The molecule has 1 saturated carbocycles. The van der Waals surface area contributed by atoms with E-state index < -0.39 is 12.1 Å². The maximum Gasteiger partial charge on any atom is 0.331 e. The van der Waals surface area contributed by atoms with Crippen molar-refractivity contribution in [1.82, 2.24) is 4.57 Å². The molecule has 1 aromatic carbocycles. The first-order chi connectivity index (χ1) is 13.4. The highest BCUT2D eigenvalue weighted by Gasteiger charge is 2.26. The van der Waals surface area contributed by atoms with Gasteiger partial charge in [-0.2, -0.15) is 0 Å². The minimum absolute atomic E-state index is 0.390. The van der Waals surface area contributed by atoms with Crippen molar-refractivity contribution < 1.29 is 19.1 Å². The topological polar surface area (TPSA) is 69.6 Å². The summed E-state index contributed by atoms with van der Waals surface area (Å²) in [4.78, 5) is 24.3. The minimum Gasteiger partial charge on any atom is -0.497 e. The van der Waals surface area contributed by atoms with E-state index in [9.17, 15) is 9.59 Å². The molecule has 1 aliphatic carbocycles. The fourth-order valence-corrected chi connectivity index (χ4v) is 3.21. The van der Waals surface area contributed by atoms with Crippen LogP contribution in [-0.2, 0) is 14.3 Å². The van der Waals surface area contributed by atoms with Crippen molar-refractivity contribution in [1.29, 1.82) is 0 Å². The number of nitrogens with one attached hydrogen (secondary N) is 1. The maximum atomic E-state index is 12.2. The molecule has 6 nitrogen and oxygen atoms in total. The number of ether oxygens (including phenoxy) is 2. The number of rotatable bonds is 7. The molecule has 0 bridgehead atoms. The van der Waals surface area contributed by atoms with Gasteiger partial charge in [-0.1, -0.05) is 0 Å². The predicted octanol–water partition coefficient (Wildman–Crippen LogP) is 4.03. The third-order valence-electron chi connectivity index (χ3n) is 4.85. The number of methoxy groups -OCH3 is 1. The second-order valence-electron chi connectivity index (χ2n) is 7.06. The number of anilines is 1. The van der Waals surface area contributed by atoms with E-state index in [-0.39, 0.29) is 5.91 Å². The van der Waals surface area contributed by atoms with Gasteiger partial charge in [0.05, 0.1) is 7.11 Å². The average molecular weight is 382 g/mol. The first-order valence-electron chi connectivity index (χ1n) is 9.41. The smallest absolute Gasteiger partial charge is 0.331 e. The van der Waals surface area contributed by atoms with Crippen molar-refractivity contribution >= 4 is 23.6 Å². The van der Waals surface area contributed by atoms with Crippen molar-refractivity contribution in [3.63, 3.8) is 0 Å². The number of hydrogen-bond acceptors (Lipinski definition) is 4. The lowest BCUT2D eigenvalue weighted by Gasteiger charge is -2.12. The molecule has 1 amide bonds. The third-order valence-corrected chi connectivity index (χ3v) is 4.85. The molecule has 1 N–H and O–H groups in total. The number of nitrogens with zero attached hydrogens (tertiary/aromatic N) is 1. The summed E-state index contributed by atoms with van der Waals surface area (Å²) in [5.41, 5.74) is 3.95. The van der Waals surface area contributed by atoms with E-state index in [1.54, 1.807) is 44.4 Å². The van der Waals surface area contributed by atoms with Gasteiger partial charge in [-0.05, 0) is 75.6 Å². The molecule has 1 fully saturated rings. The monoisotopic (exact) mass is 382 g/mol. The Balaban J connectivity index is 1.55. The zero-order chi connectivity index (χ0) is 20.3. The summed E-state index contributed by atoms with van der Waals surface area (Å²) in [6, 6.07) is 9.59. The lowest BCUT2D eigenvalue weighted by molar-refractivity contribution is -0.148. The number of carbonyl (C=O) groups is 2. The molecule has 28 heavy (non-hydrogen) atoms. The van der Waals surface area contributed by atoms with Crippen LogP contribution in [-0.4, -0.2) is 29.7 Å². The molecule has 3 rings (SSSR count). The first-order valence-corrected chi connectivity index (χ1v) is 9.41. The van der Waals surface area contributed by atoms with Crippen molar-refractivity contribution in [3.05, 3.63) is 53.4 Å². The highest BCUT2D eigenvalue weighted by molar-refractivity contribution is 5.96. The van der Waals surface area contributed by atoms with Crippen LogP contribution in [0.4, 0.5) is 5.69 Å². The van der Waals surface area contributed by atoms with Crippen LogP contribution in [0.25, 0.3) is 6.08 Å². The van der Waals surface area contributed by atoms with E-state index >= 15 is 0 Å². The molecule has 2 aromatic rings. The van der Waals surface area contributed by atoms with Crippen LogP contribution in [0.2, 0.25) is 0 Å². The molecule has 1 heterocycles. The summed E-state index contributed by atoms with van der Waals surface area (Å²) in [6.07, 6.45) is 4.64. The lowest BCUT2D eigenvalue weighted by Crippen LogP contribution is -2.29. The van der Waals surface area contributed by atoms with Gasteiger partial charge in [-0.15, -0.1) is 0 Å². The van der Waals surface area contributed by atoms with E-state index in [2.05, 4.69) is 29.8 Å². The van der Waals surface area contributed by atoms with Gasteiger partial charge in [0.2, 0.25) is 0 Å². The molecule has 1 aliphatic rings. The number of carbonyl (C=O) groups excluding carboxylic acids is 2. The normalized spacial score (nSPS) is 14.7. The maximum absolute atomic E-state index is 12.2. The predicted molar refractivity (Wildman–Crippen MR) is 108 cm³/mol. The molecule has 0 aliphatic heterocycles. The summed E-state index contributed by atoms with van der Waals surface area (Å²) < 4.78 is 12.6. The third kappa shape index (κ3) is 4.63. The van der Waals surface area contributed by atoms with Crippen LogP contribution in [0.3, 0.4) is 0 Å². The zero-order valence-electron chi connectivity index (χ0n) is 16.7. The van der Waals surface area contributed by atoms with Crippen LogP contribution in [0.1, 0.15) is 42.8 Å². The Morgan fingerprint density at radius 3 is 2.50 bits per heavy atom. The van der Waals surface area contributed by atoms with Gasteiger partial charge in [-0.25, -0.2) is 4.79 Å². The Labute approximate surface area is 165 Å². The van der Waals surface area contributed by atoms with Crippen molar-refractivity contribution in [2.24, 2.45) is 0 Å². The number of benzene rings is 1. The van der Waals surface area contributed by atoms with E-state index in [1.807, 2.05) is 0 Å². The molecule has 0 spiro atoms. The Morgan fingerprint density at radius 1 is 1.21 bits per heavy atom. The Kier molecular flexibility index (Phi) is 5.87. The SMILES string of the molecule is COc1ccc(NC(=O)[C@H](C)OC(=O)/C=C/c2cc(C)n(C3CC3)c2C)cc1. The van der Waals surface area contributed by atoms with Gasteiger partial charge in [0.1, 0.15) is 5.75 Å². The lowest BCUT2D eigenvalue weighted by atomic mass is 10.2. The summed E-state index contributed by atoms with van der Waals surface area (Å²) in [5, 5.41) is 2.71. The first kappa shape index (κ1) is 19.7. The van der Waals surface area contributed by atoms with E-state index in [4.69, 9.17) is 9.47 Å². The van der Waals surface area contributed by atoms with Crippen LogP contribution in [0, 0.1) is 13.8 Å². The van der Waals surface area contributed by atoms with Gasteiger partial charge in [0, 0.05) is 29.2 Å². The number of aryl methyl sites for hydroxylation is 1. The summed E-state index contributed by atoms with van der Waals surface area (Å²) >= 11 is 0. The molecule has 0 unspecified atom stereocenters. The van der Waals surface area contributed by atoms with E-state index in [0.717, 1.165) is 11.3 Å². The number of esters is 1.